The van der Waals surface area contributed by atoms with E-state index in [0.717, 1.165) is 5.75 Å². The molecule has 3 aliphatic rings. The normalized spacial score (nSPS) is 40.3. The van der Waals surface area contributed by atoms with E-state index in [4.69, 9.17) is 33.7 Å². The molecular weight excluding hydrogens is 355 g/mol. The number of rotatable bonds is 1. The lowest BCUT2D eigenvalue weighted by atomic mass is 9.95. The molecule has 0 amide bonds. The predicted molar refractivity (Wildman–Crippen MR) is 86.6 cm³/mol. The van der Waals surface area contributed by atoms with Crippen LogP contribution in [0.1, 0.15) is 11.5 Å². The summed E-state index contributed by atoms with van der Waals surface area (Å²) in [6.07, 6.45) is 0. The zero-order valence-electron chi connectivity index (χ0n) is 11.8. The summed E-state index contributed by atoms with van der Waals surface area (Å²) in [5.41, 5.74) is 4.51. The van der Waals surface area contributed by atoms with E-state index in [1.54, 1.807) is 18.2 Å². The molecule has 4 atom stereocenters. The average Bonchev–Trinajstić information content (AvgIpc) is 2.78. The van der Waals surface area contributed by atoms with Crippen LogP contribution in [0.25, 0.3) is 0 Å². The molecule has 2 fully saturated rings. The number of hydrogen-bond acceptors (Lipinski definition) is 5. The van der Waals surface area contributed by atoms with Gasteiger partial charge in [0.1, 0.15) is 0 Å². The zero-order valence-corrected chi connectivity index (χ0v) is 14.1. The van der Waals surface area contributed by atoms with Crippen molar-refractivity contribution in [3.05, 3.63) is 33.8 Å². The quantitative estimate of drug-likeness (QED) is 0.772. The van der Waals surface area contributed by atoms with Crippen LogP contribution in [0.2, 0.25) is 10.0 Å². The first-order valence-corrected chi connectivity index (χ1v) is 8.70. The summed E-state index contributed by atoms with van der Waals surface area (Å²) in [5, 5.41) is 19.6. The standard InChI is InChI=1S/C15H10Cl2N4OS/c16-9-3-1-2-8(10(9)17)11-13(6-18)12(20)21-15(14(11,13)7-19)22-4-5-23-15/h1-3,11H,4-5H2,(H2,20,21)/p+1/t11-,13+,14+,15+/m0/s1. The van der Waals surface area contributed by atoms with Gasteiger partial charge in [-0.15, -0.1) is 0 Å². The third-order valence-corrected chi connectivity index (χ3v) is 7.14. The van der Waals surface area contributed by atoms with Crippen molar-refractivity contribution in [3.63, 3.8) is 0 Å². The Morgan fingerprint density at radius 3 is 2.74 bits per heavy atom. The molecule has 1 saturated carbocycles. The van der Waals surface area contributed by atoms with Gasteiger partial charge in [-0.25, -0.2) is 4.99 Å². The molecule has 0 radical (unpaired) electrons. The van der Waals surface area contributed by atoms with Gasteiger partial charge < -0.3 is 4.74 Å². The molecule has 2 aliphatic heterocycles. The number of halogens is 2. The van der Waals surface area contributed by atoms with E-state index in [2.05, 4.69) is 17.1 Å². The Bertz CT molecular complexity index is 839. The number of hydrogen-bond donors (Lipinski definition) is 2. The summed E-state index contributed by atoms with van der Waals surface area (Å²) in [6, 6.07) is 9.81. The average molecular weight is 366 g/mol. The Kier molecular flexibility index (Phi) is 2.99. The van der Waals surface area contributed by atoms with Gasteiger partial charge in [0, 0.05) is 11.7 Å². The van der Waals surface area contributed by atoms with Gasteiger partial charge in [-0.05, 0) is 11.6 Å². The summed E-state index contributed by atoms with van der Waals surface area (Å²) in [7, 11) is 0. The van der Waals surface area contributed by atoms with Crippen LogP contribution in [-0.2, 0) is 4.74 Å². The first-order chi connectivity index (χ1) is 11.0. The molecule has 2 heterocycles. The SMILES string of the molecule is N#C[C@@]12[C@@H](c3cccc(Cl)c3Cl)[C@]1(C#N)C(N)=[NH+][C@@]21OCCS1. The van der Waals surface area contributed by atoms with Crippen LogP contribution in [0.15, 0.2) is 18.2 Å². The minimum Gasteiger partial charge on any atom is -0.327 e. The second-order valence-electron chi connectivity index (χ2n) is 5.77. The van der Waals surface area contributed by atoms with Crippen molar-refractivity contribution >= 4 is 40.8 Å². The first-order valence-electron chi connectivity index (χ1n) is 6.96. The van der Waals surface area contributed by atoms with E-state index in [9.17, 15) is 10.5 Å². The maximum Gasteiger partial charge on any atom is 0.277 e. The highest BCUT2D eigenvalue weighted by Crippen LogP contribution is 2.81. The predicted octanol–water partition coefficient (Wildman–Crippen LogP) is 0.979. The summed E-state index contributed by atoms with van der Waals surface area (Å²) < 4.78 is 5.87. The van der Waals surface area contributed by atoms with Crippen LogP contribution in [0, 0.1) is 33.5 Å². The molecule has 0 aromatic heterocycles. The lowest BCUT2D eigenvalue weighted by Gasteiger charge is -2.24. The van der Waals surface area contributed by atoms with Gasteiger partial charge in [0.2, 0.25) is 0 Å². The molecule has 1 saturated heterocycles. The number of nitrogens with one attached hydrogen (secondary N) is 1. The Hall–Kier alpha value is -1.44. The molecule has 5 nitrogen and oxygen atoms in total. The molecule has 0 unspecified atom stereocenters. The van der Waals surface area contributed by atoms with Crippen LogP contribution in [0.5, 0.6) is 0 Å². The van der Waals surface area contributed by atoms with Gasteiger partial charge in [-0.1, -0.05) is 47.1 Å². The highest BCUT2D eigenvalue weighted by Gasteiger charge is 2.96. The van der Waals surface area contributed by atoms with Gasteiger partial charge in [-0.3, -0.25) is 5.73 Å². The van der Waals surface area contributed by atoms with Crippen LogP contribution < -0.4 is 10.7 Å². The lowest BCUT2D eigenvalue weighted by Crippen LogP contribution is -2.88. The van der Waals surface area contributed by atoms with Crippen molar-refractivity contribution in [2.75, 3.05) is 12.4 Å². The molecule has 0 bridgehead atoms. The molecular formula is C15H11Cl2N4OS+. The highest BCUT2D eigenvalue weighted by molar-refractivity contribution is 8.00. The third kappa shape index (κ3) is 1.42. The van der Waals surface area contributed by atoms with E-state index >= 15 is 0 Å². The molecule has 4 rings (SSSR count). The van der Waals surface area contributed by atoms with E-state index < -0.39 is 21.8 Å². The molecule has 1 spiro atoms. The summed E-state index contributed by atoms with van der Waals surface area (Å²) in [4.78, 5) is 3.06. The molecule has 8 heteroatoms. The van der Waals surface area contributed by atoms with E-state index in [0.29, 0.717) is 22.2 Å². The number of fused-ring (bicyclic) bond motifs is 2. The number of amidine groups is 1. The van der Waals surface area contributed by atoms with Crippen molar-refractivity contribution in [1.29, 1.82) is 10.5 Å². The Labute approximate surface area is 147 Å². The van der Waals surface area contributed by atoms with Gasteiger partial charge in [0.05, 0.1) is 28.8 Å². The lowest BCUT2D eigenvalue weighted by molar-refractivity contribution is -0.583. The van der Waals surface area contributed by atoms with Gasteiger partial charge >= 0.3 is 0 Å². The van der Waals surface area contributed by atoms with E-state index in [1.807, 2.05) is 0 Å². The van der Waals surface area contributed by atoms with Crippen molar-refractivity contribution in [1.82, 2.24) is 0 Å². The molecule has 1 aliphatic carbocycles. The monoisotopic (exact) mass is 365 g/mol. The van der Waals surface area contributed by atoms with Crippen LogP contribution in [0.4, 0.5) is 0 Å². The Balaban J connectivity index is 1.97. The van der Waals surface area contributed by atoms with Gasteiger partial charge in [0.25, 0.3) is 10.9 Å². The molecule has 1 aromatic carbocycles. The largest absolute Gasteiger partial charge is 0.327 e. The maximum absolute atomic E-state index is 10.0. The fourth-order valence-electron chi connectivity index (χ4n) is 4.03. The first kappa shape index (κ1) is 15.1. The minimum absolute atomic E-state index is 0.261. The second-order valence-corrected chi connectivity index (χ2v) is 7.82. The summed E-state index contributed by atoms with van der Waals surface area (Å²) in [6.45, 7) is 0.492. The molecule has 3 N–H and O–H groups in total. The smallest absolute Gasteiger partial charge is 0.277 e. The van der Waals surface area contributed by atoms with Gasteiger partial charge in [0.15, 0.2) is 10.8 Å². The van der Waals surface area contributed by atoms with Crippen LogP contribution >= 0.6 is 35.0 Å². The number of thioether (sulfide) groups is 1. The van der Waals surface area contributed by atoms with Crippen LogP contribution in [0.3, 0.4) is 0 Å². The number of ether oxygens (including phenoxy) is 1. The third-order valence-electron chi connectivity index (χ3n) is 4.99. The fourth-order valence-corrected chi connectivity index (χ4v) is 5.80. The van der Waals surface area contributed by atoms with Crippen molar-refractivity contribution in [2.24, 2.45) is 16.6 Å². The topological polar surface area (TPSA) is 96.8 Å². The number of benzene rings is 1. The highest BCUT2D eigenvalue weighted by atomic mass is 35.5. The van der Waals surface area contributed by atoms with Gasteiger partial charge in [-0.2, -0.15) is 10.5 Å². The second kappa shape index (κ2) is 4.55. The molecule has 1 aromatic rings. The Morgan fingerprint density at radius 2 is 2.13 bits per heavy atom. The number of nitrogens with two attached hydrogens (primary N) is 1. The maximum atomic E-state index is 10.0. The summed E-state index contributed by atoms with van der Waals surface area (Å²) in [5.74, 6) is 0.501. The van der Waals surface area contributed by atoms with Crippen molar-refractivity contribution < 1.29 is 9.73 Å². The fraction of sp³-hybridized carbons (Fsp3) is 0.400. The Morgan fingerprint density at radius 1 is 1.35 bits per heavy atom. The van der Waals surface area contributed by atoms with E-state index in [1.165, 1.54) is 11.8 Å². The minimum atomic E-state index is -1.17. The molecule has 23 heavy (non-hydrogen) atoms. The molecule has 116 valence electrons. The van der Waals surface area contributed by atoms with Crippen molar-refractivity contribution in [3.8, 4) is 12.1 Å². The zero-order chi connectivity index (χ0) is 16.5. The summed E-state index contributed by atoms with van der Waals surface area (Å²) >= 11 is 13.9. The van der Waals surface area contributed by atoms with Crippen molar-refractivity contribution in [2.45, 2.75) is 11.0 Å². The van der Waals surface area contributed by atoms with E-state index in [-0.39, 0.29) is 5.84 Å². The van der Waals surface area contributed by atoms with Crippen LogP contribution in [-0.4, -0.2) is 23.3 Å². The number of nitriles is 2. The number of nitrogens with zero attached hydrogens (tertiary/aromatic N) is 2.